The van der Waals surface area contributed by atoms with Crippen LogP contribution >= 0.6 is 0 Å². The Hall–Kier alpha value is -0.820. The fraction of sp³-hybridized carbons (Fsp3) is 0.684. The molecular formula is C19H31N. The topological polar surface area (TPSA) is 12.0 Å². The van der Waals surface area contributed by atoms with Crippen molar-refractivity contribution in [2.24, 2.45) is 11.8 Å². The highest BCUT2D eigenvalue weighted by atomic mass is 14.9. The van der Waals surface area contributed by atoms with Gasteiger partial charge in [0, 0.05) is 0 Å². The van der Waals surface area contributed by atoms with Crippen molar-refractivity contribution in [1.82, 2.24) is 5.32 Å². The lowest BCUT2D eigenvalue weighted by Crippen LogP contribution is -2.31. The van der Waals surface area contributed by atoms with Gasteiger partial charge in [-0.2, -0.15) is 0 Å². The Kier molecular flexibility index (Phi) is 7.14. The first kappa shape index (κ1) is 15.6. The highest BCUT2D eigenvalue weighted by Crippen LogP contribution is 2.33. The van der Waals surface area contributed by atoms with Crippen LogP contribution in [-0.4, -0.2) is 13.1 Å². The second-order valence-electron chi connectivity index (χ2n) is 6.39. The van der Waals surface area contributed by atoms with E-state index < -0.39 is 0 Å². The van der Waals surface area contributed by atoms with Crippen molar-refractivity contribution in [1.29, 1.82) is 0 Å². The van der Waals surface area contributed by atoms with Crippen LogP contribution in [0.3, 0.4) is 0 Å². The van der Waals surface area contributed by atoms with Gasteiger partial charge in [-0.3, -0.25) is 0 Å². The van der Waals surface area contributed by atoms with Crippen molar-refractivity contribution in [3.8, 4) is 0 Å². The first-order valence-electron chi connectivity index (χ1n) is 8.64. The maximum atomic E-state index is 3.64. The van der Waals surface area contributed by atoms with Crippen LogP contribution in [0.1, 0.15) is 57.4 Å². The fourth-order valence-electron chi connectivity index (χ4n) is 3.61. The molecule has 2 rings (SSSR count). The maximum Gasteiger partial charge on any atom is -0.00179 e. The van der Waals surface area contributed by atoms with Crippen LogP contribution in [0.5, 0.6) is 0 Å². The minimum atomic E-state index is 0.936. The molecule has 0 saturated heterocycles. The predicted octanol–water partition coefficient (Wildman–Crippen LogP) is 4.82. The van der Waals surface area contributed by atoms with Gasteiger partial charge >= 0.3 is 0 Å². The summed E-state index contributed by atoms with van der Waals surface area (Å²) in [6.07, 6.45) is 11.1. The molecule has 2 unspecified atom stereocenters. The maximum absolute atomic E-state index is 3.64. The standard InChI is InChI=1S/C19H31N/c1-2-15-20-16-19-13-7-6-12-18(19)14-8-11-17-9-4-3-5-10-17/h3-5,9-10,18-20H,2,6-8,11-16H2,1H3. The molecule has 1 N–H and O–H groups in total. The number of nitrogens with one attached hydrogen (secondary N) is 1. The zero-order valence-corrected chi connectivity index (χ0v) is 13.1. The third-order valence-corrected chi connectivity index (χ3v) is 4.78. The third-order valence-electron chi connectivity index (χ3n) is 4.78. The summed E-state index contributed by atoms with van der Waals surface area (Å²) in [4.78, 5) is 0. The molecule has 1 saturated carbocycles. The predicted molar refractivity (Wildman–Crippen MR) is 88.0 cm³/mol. The average Bonchev–Trinajstić information content (AvgIpc) is 2.50. The first-order chi connectivity index (χ1) is 9.90. The molecule has 112 valence electrons. The van der Waals surface area contributed by atoms with E-state index in [9.17, 15) is 0 Å². The van der Waals surface area contributed by atoms with Crippen LogP contribution in [0.2, 0.25) is 0 Å². The van der Waals surface area contributed by atoms with Crippen LogP contribution in [0, 0.1) is 11.8 Å². The summed E-state index contributed by atoms with van der Waals surface area (Å²) in [5, 5.41) is 3.64. The van der Waals surface area contributed by atoms with Crippen molar-refractivity contribution in [3.63, 3.8) is 0 Å². The van der Waals surface area contributed by atoms with Gasteiger partial charge in [0.2, 0.25) is 0 Å². The lowest BCUT2D eigenvalue weighted by atomic mass is 9.76. The van der Waals surface area contributed by atoms with Gasteiger partial charge in [-0.15, -0.1) is 0 Å². The summed E-state index contributed by atoms with van der Waals surface area (Å²) >= 11 is 0. The number of aryl methyl sites for hydroxylation is 1. The first-order valence-corrected chi connectivity index (χ1v) is 8.64. The van der Waals surface area contributed by atoms with Gasteiger partial charge in [-0.1, -0.05) is 56.5 Å². The van der Waals surface area contributed by atoms with Gasteiger partial charge in [0.1, 0.15) is 0 Å². The Bertz CT molecular complexity index is 346. The Morgan fingerprint density at radius 1 is 1.05 bits per heavy atom. The normalized spacial score (nSPS) is 22.9. The average molecular weight is 273 g/mol. The highest BCUT2D eigenvalue weighted by molar-refractivity contribution is 5.14. The molecule has 1 nitrogen and oxygen atoms in total. The van der Waals surface area contributed by atoms with E-state index in [-0.39, 0.29) is 0 Å². The van der Waals surface area contributed by atoms with Crippen LogP contribution in [0.4, 0.5) is 0 Å². The van der Waals surface area contributed by atoms with E-state index in [2.05, 4.69) is 42.6 Å². The van der Waals surface area contributed by atoms with Gasteiger partial charge in [0.15, 0.2) is 0 Å². The summed E-state index contributed by atoms with van der Waals surface area (Å²) < 4.78 is 0. The number of rotatable bonds is 8. The molecule has 1 fully saturated rings. The molecule has 0 aromatic heterocycles. The van der Waals surface area contributed by atoms with E-state index in [0.29, 0.717) is 0 Å². The molecule has 2 atom stereocenters. The second kappa shape index (κ2) is 9.18. The van der Waals surface area contributed by atoms with Crippen LogP contribution in [0.15, 0.2) is 30.3 Å². The molecule has 1 aromatic rings. The van der Waals surface area contributed by atoms with E-state index in [1.807, 2.05) is 0 Å². The zero-order chi connectivity index (χ0) is 14.0. The minimum absolute atomic E-state index is 0.936. The van der Waals surface area contributed by atoms with Gasteiger partial charge in [-0.25, -0.2) is 0 Å². The Morgan fingerprint density at radius 3 is 2.55 bits per heavy atom. The molecule has 1 aliphatic rings. The molecule has 0 heterocycles. The fourth-order valence-corrected chi connectivity index (χ4v) is 3.61. The minimum Gasteiger partial charge on any atom is -0.316 e. The summed E-state index contributed by atoms with van der Waals surface area (Å²) in [5.41, 5.74) is 1.50. The van der Waals surface area contributed by atoms with Crippen molar-refractivity contribution in [2.45, 2.75) is 58.3 Å². The molecule has 0 aliphatic heterocycles. The smallest absolute Gasteiger partial charge is 0.00179 e. The molecule has 0 radical (unpaired) electrons. The van der Waals surface area contributed by atoms with Crippen molar-refractivity contribution in [2.75, 3.05) is 13.1 Å². The SMILES string of the molecule is CCCNCC1CCCCC1CCCc1ccccc1. The van der Waals surface area contributed by atoms with E-state index in [1.165, 1.54) is 70.0 Å². The monoisotopic (exact) mass is 273 g/mol. The number of hydrogen-bond acceptors (Lipinski definition) is 1. The van der Waals surface area contributed by atoms with E-state index in [4.69, 9.17) is 0 Å². The lowest BCUT2D eigenvalue weighted by Gasteiger charge is -2.32. The van der Waals surface area contributed by atoms with Gasteiger partial charge in [0.25, 0.3) is 0 Å². The summed E-state index contributed by atoms with van der Waals surface area (Å²) in [6, 6.07) is 11.0. The molecule has 0 amide bonds. The Balaban J connectivity index is 1.71. The largest absolute Gasteiger partial charge is 0.316 e. The molecular weight excluding hydrogens is 242 g/mol. The van der Waals surface area contributed by atoms with Crippen molar-refractivity contribution in [3.05, 3.63) is 35.9 Å². The van der Waals surface area contributed by atoms with E-state index in [1.54, 1.807) is 0 Å². The van der Waals surface area contributed by atoms with Crippen molar-refractivity contribution < 1.29 is 0 Å². The Morgan fingerprint density at radius 2 is 1.80 bits per heavy atom. The summed E-state index contributed by atoms with van der Waals surface area (Å²) in [6.45, 7) is 4.70. The number of hydrogen-bond donors (Lipinski definition) is 1. The second-order valence-corrected chi connectivity index (χ2v) is 6.39. The van der Waals surface area contributed by atoms with Gasteiger partial charge in [-0.05, 0) is 62.6 Å². The molecule has 0 bridgehead atoms. The molecule has 1 aliphatic carbocycles. The third kappa shape index (κ3) is 5.28. The highest BCUT2D eigenvalue weighted by Gasteiger charge is 2.24. The van der Waals surface area contributed by atoms with E-state index in [0.717, 1.165) is 11.8 Å². The quantitative estimate of drug-likeness (QED) is 0.670. The van der Waals surface area contributed by atoms with Crippen LogP contribution in [-0.2, 0) is 6.42 Å². The van der Waals surface area contributed by atoms with Crippen LogP contribution in [0.25, 0.3) is 0 Å². The van der Waals surface area contributed by atoms with Crippen molar-refractivity contribution >= 4 is 0 Å². The summed E-state index contributed by atoms with van der Waals surface area (Å²) in [7, 11) is 0. The zero-order valence-electron chi connectivity index (χ0n) is 13.1. The number of benzene rings is 1. The summed E-state index contributed by atoms with van der Waals surface area (Å²) in [5.74, 6) is 1.91. The van der Waals surface area contributed by atoms with Gasteiger partial charge in [0.05, 0.1) is 0 Å². The molecule has 1 aromatic carbocycles. The van der Waals surface area contributed by atoms with Gasteiger partial charge < -0.3 is 5.32 Å². The van der Waals surface area contributed by atoms with E-state index >= 15 is 0 Å². The Labute approximate surface area is 125 Å². The molecule has 20 heavy (non-hydrogen) atoms. The van der Waals surface area contributed by atoms with Crippen LogP contribution < -0.4 is 5.32 Å². The molecule has 1 heteroatoms. The lowest BCUT2D eigenvalue weighted by molar-refractivity contribution is 0.214. The molecule has 0 spiro atoms.